The minimum atomic E-state index is 0.500. The molecule has 8 heavy (non-hydrogen) atoms. The Morgan fingerprint density at radius 3 is 1.12 bits per heavy atom. The summed E-state index contributed by atoms with van der Waals surface area (Å²) >= 11 is 0. The maximum absolute atomic E-state index is 9.50. The molecule has 46 valence electrons. The van der Waals surface area contributed by atoms with E-state index in [-0.39, 0.29) is 0 Å². The van der Waals surface area contributed by atoms with Gasteiger partial charge in [-0.3, -0.25) is 4.39 Å². The average molecular weight is 120 g/mol. The van der Waals surface area contributed by atoms with E-state index in [1.54, 1.807) is 0 Å². The first-order valence-corrected chi connectivity index (χ1v) is 1.27. The summed E-state index contributed by atoms with van der Waals surface area (Å²) in [5.74, 6) is 0. The van der Waals surface area contributed by atoms with E-state index < -0.39 is 0 Å². The summed E-state index contributed by atoms with van der Waals surface area (Å²) < 4.78 is 9.50. The number of aliphatic hydroxyl groups excluding tert-OH is 2. The molecule has 0 unspecified atom stereocenters. The number of alkyl halides is 1. The van der Waals surface area contributed by atoms with Gasteiger partial charge in [-0.1, -0.05) is 0 Å². The highest BCUT2D eigenvalue weighted by Crippen LogP contribution is 1.16. The maximum Gasteiger partial charge on any atom is 0.283 e. The third-order valence-electron chi connectivity index (χ3n) is 0. The Labute approximate surface area is 46.0 Å². The lowest BCUT2D eigenvalue weighted by atomic mass is 11.6. The minimum Gasteiger partial charge on any atom is -0.443 e. The molecule has 0 aromatic carbocycles. The van der Waals surface area contributed by atoms with Gasteiger partial charge in [0.1, 0.15) is 0 Å². The van der Waals surface area contributed by atoms with Crippen LogP contribution in [-0.2, 0) is 0 Å². The van der Waals surface area contributed by atoms with Crippen molar-refractivity contribution in [2.75, 3.05) is 7.18 Å². The summed E-state index contributed by atoms with van der Waals surface area (Å²) in [6.45, 7) is 0. The zero-order valence-electron chi connectivity index (χ0n) is 4.17. The largest absolute Gasteiger partial charge is 0.443 e. The molecule has 0 spiro atoms. The maximum atomic E-state index is 9.50. The molecule has 0 saturated carbocycles. The Balaban J connectivity index is -0.0000000483. The lowest BCUT2D eigenvalue weighted by molar-refractivity contribution is 0.502. The first-order chi connectivity index (χ1) is 3.83. The molecule has 0 heterocycles. The van der Waals surface area contributed by atoms with Crippen molar-refractivity contribution in [2.24, 2.45) is 0 Å². The Morgan fingerprint density at radius 1 is 1.12 bits per heavy atom. The van der Waals surface area contributed by atoms with Gasteiger partial charge in [0, 0.05) is 0 Å². The van der Waals surface area contributed by atoms with Crippen LogP contribution >= 0.6 is 0 Å². The van der Waals surface area contributed by atoms with Gasteiger partial charge in [0.05, 0.1) is 7.18 Å². The van der Waals surface area contributed by atoms with E-state index >= 15 is 0 Å². The molecule has 2 N–H and O–H groups in total. The van der Waals surface area contributed by atoms with Crippen LogP contribution in [0.4, 0.5) is 4.39 Å². The van der Waals surface area contributed by atoms with Gasteiger partial charge in [-0.2, -0.15) is 10.5 Å². The van der Waals surface area contributed by atoms with E-state index in [2.05, 4.69) is 0 Å². The first-order valence-electron chi connectivity index (χ1n) is 1.27. The fraction of sp³-hybridized carbons (Fsp3) is 0.333. The second-order valence-corrected chi connectivity index (χ2v) is 0.200. The molecule has 0 aliphatic carbocycles. The van der Waals surface area contributed by atoms with Crippen molar-refractivity contribution in [2.45, 2.75) is 0 Å². The molecule has 0 bridgehead atoms. The highest BCUT2D eigenvalue weighted by molar-refractivity contribution is 4.31. The molecule has 0 aliphatic rings. The Hall–Kier alpha value is -1.49. The molecule has 0 saturated heterocycles. The SMILES string of the molecule is CF.N#CO.N#CO. The summed E-state index contributed by atoms with van der Waals surface area (Å²) in [6.07, 6.45) is 1.50. The van der Waals surface area contributed by atoms with Crippen LogP contribution in [0.25, 0.3) is 0 Å². The molecule has 0 aliphatic heterocycles. The number of hydrogen-bond acceptors (Lipinski definition) is 4. The number of nitriles is 2. The normalized spacial score (nSPS) is 2.50. The lowest BCUT2D eigenvalue weighted by Gasteiger charge is -1.25. The molecule has 0 rings (SSSR count). The fourth-order valence-electron chi connectivity index (χ4n) is 0. The summed E-state index contributed by atoms with van der Waals surface area (Å²) in [4.78, 5) is 0. The number of aliphatic hydroxyl groups is 2. The van der Waals surface area contributed by atoms with E-state index in [4.69, 9.17) is 20.7 Å². The van der Waals surface area contributed by atoms with Crippen LogP contribution in [0.5, 0.6) is 0 Å². The van der Waals surface area contributed by atoms with Crippen LogP contribution in [0, 0.1) is 23.0 Å². The third kappa shape index (κ3) is 25.0. The Bertz CT molecular complexity index is 70.3. The van der Waals surface area contributed by atoms with Gasteiger partial charge in [0.15, 0.2) is 0 Å². The molecule has 0 atom stereocenters. The van der Waals surface area contributed by atoms with Crippen LogP contribution in [0.3, 0.4) is 0 Å². The van der Waals surface area contributed by atoms with Gasteiger partial charge in [-0.05, 0) is 0 Å². The van der Waals surface area contributed by atoms with Crippen LogP contribution < -0.4 is 0 Å². The zero-order valence-corrected chi connectivity index (χ0v) is 4.17. The minimum absolute atomic E-state index is 0.500. The average Bonchev–Trinajstić information content (AvgIpc) is 1.75. The van der Waals surface area contributed by atoms with Crippen LogP contribution in [0.15, 0.2) is 0 Å². The van der Waals surface area contributed by atoms with E-state index in [9.17, 15) is 4.39 Å². The highest BCUT2D eigenvalue weighted by Gasteiger charge is 1.16. The van der Waals surface area contributed by atoms with E-state index in [1.165, 1.54) is 0 Å². The van der Waals surface area contributed by atoms with Gasteiger partial charge >= 0.3 is 0 Å². The van der Waals surface area contributed by atoms with Crippen molar-refractivity contribution in [3.05, 3.63) is 0 Å². The number of halogens is 1. The monoisotopic (exact) mass is 120 g/mol. The lowest BCUT2D eigenvalue weighted by Crippen LogP contribution is -1.27. The zero-order chi connectivity index (χ0) is 7.41. The van der Waals surface area contributed by atoms with Crippen LogP contribution in [-0.4, -0.2) is 17.4 Å². The Morgan fingerprint density at radius 2 is 1.12 bits per heavy atom. The quantitative estimate of drug-likeness (QED) is 0.449. The van der Waals surface area contributed by atoms with Crippen molar-refractivity contribution >= 4 is 0 Å². The van der Waals surface area contributed by atoms with Gasteiger partial charge in [-0.15, -0.1) is 0 Å². The standard InChI is InChI=1S/CH3F.2CHNO/c1-2;2*2-1-3/h1H3;2*3H. The molecular formula is C3H5FN2O2. The second kappa shape index (κ2) is 431. The topological polar surface area (TPSA) is 88.0 Å². The summed E-state index contributed by atoms with van der Waals surface area (Å²) in [5.41, 5.74) is 0. The van der Waals surface area contributed by atoms with E-state index in [0.717, 1.165) is 12.5 Å². The van der Waals surface area contributed by atoms with Crippen molar-refractivity contribution in [3.63, 3.8) is 0 Å². The fourth-order valence-corrected chi connectivity index (χ4v) is 0. The van der Waals surface area contributed by atoms with E-state index in [0.29, 0.717) is 7.18 Å². The van der Waals surface area contributed by atoms with Crippen molar-refractivity contribution in [1.82, 2.24) is 0 Å². The molecule has 5 heteroatoms. The van der Waals surface area contributed by atoms with E-state index in [1.807, 2.05) is 0 Å². The summed E-state index contributed by atoms with van der Waals surface area (Å²) in [5, 5.41) is 27.5. The van der Waals surface area contributed by atoms with Crippen molar-refractivity contribution in [1.29, 1.82) is 10.5 Å². The Kier molecular flexibility index (Phi) is 864. The molecular weight excluding hydrogens is 115 g/mol. The number of hydrogen-bond donors (Lipinski definition) is 2. The van der Waals surface area contributed by atoms with Gasteiger partial charge in [-0.25, -0.2) is 0 Å². The molecule has 0 radical (unpaired) electrons. The number of rotatable bonds is 0. The summed E-state index contributed by atoms with van der Waals surface area (Å²) in [7, 11) is 0.500. The van der Waals surface area contributed by atoms with Crippen molar-refractivity contribution in [3.8, 4) is 12.5 Å². The van der Waals surface area contributed by atoms with Crippen LogP contribution in [0.1, 0.15) is 0 Å². The molecule has 0 fully saturated rings. The van der Waals surface area contributed by atoms with Gasteiger partial charge < -0.3 is 10.2 Å². The molecule has 0 amide bonds. The highest BCUT2D eigenvalue weighted by atomic mass is 19.1. The number of nitrogens with zero attached hydrogens (tertiary/aromatic N) is 2. The van der Waals surface area contributed by atoms with Gasteiger partial charge in [0.2, 0.25) is 0 Å². The van der Waals surface area contributed by atoms with Crippen molar-refractivity contribution < 1.29 is 14.6 Å². The smallest absolute Gasteiger partial charge is 0.283 e. The molecule has 0 aromatic rings. The summed E-state index contributed by atoms with van der Waals surface area (Å²) in [6, 6.07) is 0. The second-order valence-electron chi connectivity index (χ2n) is 0.200. The third-order valence-corrected chi connectivity index (χ3v) is 0. The van der Waals surface area contributed by atoms with Gasteiger partial charge in [0.25, 0.3) is 12.5 Å². The van der Waals surface area contributed by atoms with Crippen LogP contribution in [0.2, 0.25) is 0 Å². The molecule has 4 nitrogen and oxygen atoms in total. The first kappa shape index (κ1) is 16.0. The predicted molar refractivity (Wildman–Crippen MR) is 22.1 cm³/mol. The molecule has 0 aromatic heterocycles. The predicted octanol–water partition coefficient (Wildman–Crippen LogP) is 0.266.